The summed E-state index contributed by atoms with van der Waals surface area (Å²) >= 11 is 6.40. The third-order valence-electron chi connectivity index (χ3n) is 6.62. The van der Waals surface area contributed by atoms with Crippen LogP contribution in [0.4, 0.5) is 15.3 Å². The number of hydrogen-bond acceptors (Lipinski definition) is 4. The highest BCUT2D eigenvalue weighted by atomic mass is 35.5. The van der Waals surface area contributed by atoms with Gasteiger partial charge in [0.2, 0.25) is 0 Å². The molecule has 0 aliphatic heterocycles. The minimum atomic E-state index is -1.13. The second-order valence-corrected chi connectivity index (χ2v) is 10.8. The molecule has 1 heterocycles. The van der Waals surface area contributed by atoms with Gasteiger partial charge in [-0.1, -0.05) is 36.6 Å². The minimum absolute atomic E-state index is 0.157. The first kappa shape index (κ1) is 26.5. The van der Waals surface area contributed by atoms with E-state index < -0.39 is 23.2 Å². The van der Waals surface area contributed by atoms with Gasteiger partial charge >= 0.3 is 12.1 Å². The first-order valence-corrected chi connectivity index (χ1v) is 12.8. The number of hydrogen-bond donors (Lipinski definition) is 3. The summed E-state index contributed by atoms with van der Waals surface area (Å²) < 4.78 is 1.38. The lowest BCUT2D eigenvalue weighted by molar-refractivity contribution is 0.0719. The molecule has 1 atom stereocenters. The van der Waals surface area contributed by atoms with Crippen LogP contribution in [0.1, 0.15) is 65.2 Å². The molecule has 1 saturated carbocycles. The lowest BCUT2D eigenvalue weighted by Crippen LogP contribution is -2.47. The predicted molar refractivity (Wildman–Crippen MR) is 145 cm³/mol. The standard InChI is InChI=1S/C27H32ClN5O4/c1-16(33(26(36)37)27(2,3)4)23-31-21-14-8-13-20(28)22(21)24(34)32(23)19-12-7-11-18(15-19)30-25(35)29-17-9-5-6-10-17/h7-8,11-17H,5-6,9-10H2,1-4H3,(H,36,37)(H2,29,30,35). The largest absolute Gasteiger partial charge is 0.465 e. The van der Waals surface area contributed by atoms with E-state index in [1.165, 1.54) is 9.47 Å². The lowest BCUT2D eigenvalue weighted by Gasteiger charge is -2.38. The summed E-state index contributed by atoms with van der Waals surface area (Å²) in [6, 6.07) is 10.9. The molecular weight excluding hydrogens is 494 g/mol. The van der Waals surface area contributed by atoms with Crippen molar-refractivity contribution in [2.45, 2.75) is 71.0 Å². The third kappa shape index (κ3) is 5.56. The molecule has 1 fully saturated rings. The van der Waals surface area contributed by atoms with Crippen LogP contribution in [-0.2, 0) is 0 Å². The van der Waals surface area contributed by atoms with Crippen molar-refractivity contribution in [3.63, 3.8) is 0 Å². The highest BCUT2D eigenvalue weighted by Gasteiger charge is 2.34. The van der Waals surface area contributed by atoms with Gasteiger partial charge in [0, 0.05) is 17.3 Å². The summed E-state index contributed by atoms with van der Waals surface area (Å²) in [5.41, 5.74) is 0.103. The van der Waals surface area contributed by atoms with Crippen molar-refractivity contribution < 1.29 is 14.7 Å². The number of carbonyl (C=O) groups is 2. The van der Waals surface area contributed by atoms with Crippen molar-refractivity contribution in [1.82, 2.24) is 19.8 Å². The van der Waals surface area contributed by atoms with E-state index in [0.717, 1.165) is 25.7 Å². The maximum Gasteiger partial charge on any atom is 0.408 e. The van der Waals surface area contributed by atoms with Gasteiger partial charge in [-0.15, -0.1) is 0 Å². The van der Waals surface area contributed by atoms with Crippen LogP contribution in [0.25, 0.3) is 16.6 Å². The SMILES string of the molecule is CC(c1nc2cccc(Cl)c2c(=O)n1-c1cccc(NC(=O)NC2CCCC2)c1)N(C(=O)O)C(C)(C)C. The number of rotatable bonds is 5. The molecule has 3 aromatic rings. The Kier molecular flexibility index (Phi) is 7.45. The van der Waals surface area contributed by atoms with E-state index in [1.807, 2.05) is 0 Å². The molecule has 0 radical (unpaired) electrons. The van der Waals surface area contributed by atoms with Gasteiger partial charge in [0.25, 0.3) is 5.56 Å². The molecule has 0 spiro atoms. The van der Waals surface area contributed by atoms with Crippen LogP contribution >= 0.6 is 11.6 Å². The summed E-state index contributed by atoms with van der Waals surface area (Å²) in [5, 5.41) is 16.3. The molecule has 0 saturated heterocycles. The average Bonchev–Trinajstić information content (AvgIpc) is 3.30. The summed E-state index contributed by atoms with van der Waals surface area (Å²) in [7, 11) is 0. The number of benzene rings is 2. The van der Waals surface area contributed by atoms with Crippen LogP contribution in [0.5, 0.6) is 0 Å². The van der Waals surface area contributed by atoms with Crippen molar-refractivity contribution in [3.8, 4) is 5.69 Å². The van der Waals surface area contributed by atoms with E-state index in [-0.39, 0.29) is 28.3 Å². The molecule has 10 heteroatoms. The number of carbonyl (C=O) groups excluding carboxylic acids is 1. The molecule has 4 rings (SSSR count). The van der Waals surface area contributed by atoms with E-state index in [1.54, 1.807) is 70.2 Å². The molecule has 0 bridgehead atoms. The van der Waals surface area contributed by atoms with Crippen molar-refractivity contribution in [1.29, 1.82) is 0 Å². The topological polar surface area (TPSA) is 117 Å². The van der Waals surface area contributed by atoms with Gasteiger partial charge < -0.3 is 15.7 Å². The molecule has 37 heavy (non-hydrogen) atoms. The fourth-order valence-electron chi connectivity index (χ4n) is 5.03. The maximum atomic E-state index is 13.9. The highest BCUT2D eigenvalue weighted by Crippen LogP contribution is 2.30. The molecule has 1 aliphatic carbocycles. The molecule has 9 nitrogen and oxygen atoms in total. The normalized spacial score (nSPS) is 14.9. The van der Waals surface area contributed by atoms with Gasteiger partial charge in [-0.05, 0) is 70.9 Å². The molecule has 2 aromatic carbocycles. The number of amides is 3. The number of carboxylic acid groups (broad SMARTS) is 1. The van der Waals surface area contributed by atoms with Gasteiger partial charge in [-0.2, -0.15) is 0 Å². The van der Waals surface area contributed by atoms with Gasteiger partial charge in [0.15, 0.2) is 0 Å². The van der Waals surface area contributed by atoms with Crippen LogP contribution in [-0.4, -0.2) is 43.3 Å². The number of nitrogens with one attached hydrogen (secondary N) is 2. The van der Waals surface area contributed by atoms with Gasteiger partial charge in [-0.25, -0.2) is 14.6 Å². The maximum absolute atomic E-state index is 13.9. The number of halogens is 1. The Morgan fingerprint density at radius 2 is 1.84 bits per heavy atom. The van der Waals surface area contributed by atoms with Crippen LogP contribution in [0.2, 0.25) is 5.02 Å². The Morgan fingerprint density at radius 1 is 1.16 bits per heavy atom. The third-order valence-corrected chi connectivity index (χ3v) is 6.93. The van der Waals surface area contributed by atoms with Crippen molar-refractivity contribution in [2.24, 2.45) is 0 Å². The van der Waals surface area contributed by atoms with Crippen LogP contribution < -0.4 is 16.2 Å². The zero-order chi connectivity index (χ0) is 26.9. The second-order valence-electron chi connectivity index (χ2n) is 10.4. The number of anilines is 1. The number of aromatic nitrogens is 2. The Labute approximate surface area is 220 Å². The Bertz CT molecular complexity index is 1390. The summed E-state index contributed by atoms with van der Waals surface area (Å²) in [6.07, 6.45) is 2.99. The average molecular weight is 526 g/mol. The molecule has 3 amide bonds. The van der Waals surface area contributed by atoms with Crippen molar-refractivity contribution in [2.75, 3.05) is 5.32 Å². The van der Waals surface area contributed by atoms with Crippen molar-refractivity contribution in [3.05, 3.63) is 63.7 Å². The Morgan fingerprint density at radius 3 is 2.49 bits per heavy atom. The predicted octanol–water partition coefficient (Wildman–Crippen LogP) is 5.94. The zero-order valence-corrected chi connectivity index (χ0v) is 22.2. The molecular formula is C27H32ClN5O4. The fourth-order valence-corrected chi connectivity index (χ4v) is 5.28. The van der Waals surface area contributed by atoms with E-state index in [9.17, 15) is 19.5 Å². The molecule has 3 N–H and O–H groups in total. The van der Waals surface area contributed by atoms with Crippen LogP contribution in [0.15, 0.2) is 47.3 Å². The minimum Gasteiger partial charge on any atom is -0.465 e. The first-order valence-electron chi connectivity index (χ1n) is 12.4. The Balaban J connectivity index is 1.83. The van der Waals surface area contributed by atoms with E-state index >= 15 is 0 Å². The molecule has 196 valence electrons. The van der Waals surface area contributed by atoms with E-state index in [0.29, 0.717) is 16.9 Å². The lowest BCUT2D eigenvalue weighted by atomic mass is 10.0. The highest BCUT2D eigenvalue weighted by molar-refractivity contribution is 6.35. The van der Waals surface area contributed by atoms with Crippen LogP contribution in [0.3, 0.4) is 0 Å². The van der Waals surface area contributed by atoms with Gasteiger partial charge in [0.1, 0.15) is 5.82 Å². The van der Waals surface area contributed by atoms with Crippen LogP contribution in [0, 0.1) is 0 Å². The molecule has 1 unspecified atom stereocenters. The summed E-state index contributed by atoms with van der Waals surface area (Å²) in [5.74, 6) is 0.240. The van der Waals surface area contributed by atoms with Gasteiger partial charge in [-0.3, -0.25) is 14.3 Å². The second kappa shape index (κ2) is 10.4. The quantitative estimate of drug-likeness (QED) is 0.381. The first-order chi connectivity index (χ1) is 17.5. The smallest absolute Gasteiger partial charge is 0.408 e. The molecule has 1 aliphatic rings. The van der Waals surface area contributed by atoms with E-state index in [2.05, 4.69) is 10.6 Å². The zero-order valence-electron chi connectivity index (χ0n) is 21.4. The van der Waals surface area contributed by atoms with E-state index in [4.69, 9.17) is 16.6 Å². The van der Waals surface area contributed by atoms with Crippen molar-refractivity contribution >= 4 is 40.3 Å². The summed E-state index contributed by atoms with van der Waals surface area (Å²) in [6.45, 7) is 7.05. The monoisotopic (exact) mass is 525 g/mol. The van der Waals surface area contributed by atoms with Gasteiger partial charge in [0.05, 0.1) is 27.7 Å². The fraction of sp³-hybridized carbons (Fsp3) is 0.407. The Hall–Kier alpha value is -3.59. The number of fused-ring (bicyclic) bond motifs is 1. The summed E-state index contributed by atoms with van der Waals surface area (Å²) in [4.78, 5) is 44.7. The number of urea groups is 1. The number of nitrogens with zero attached hydrogens (tertiary/aromatic N) is 3. The molecule has 1 aromatic heterocycles.